The first-order chi connectivity index (χ1) is 8.42. The van der Waals surface area contributed by atoms with Gasteiger partial charge in [0, 0.05) is 12.1 Å². The highest BCUT2D eigenvalue weighted by Crippen LogP contribution is 2.28. The van der Waals surface area contributed by atoms with Crippen molar-refractivity contribution in [3.63, 3.8) is 0 Å². The van der Waals surface area contributed by atoms with E-state index < -0.39 is 11.6 Å². The van der Waals surface area contributed by atoms with Crippen LogP contribution < -0.4 is 4.90 Å². The number of aliphatic carboxylic acids is 1. The number of nitrogens with zero attached hydrogens (tertiary/aromatic N) is 1. The lowest BCUT2D eigenvalue weighted by molar-refractivity contribution is -0.155. The van der Waals surface area contributed by atoms with Crippen molar-refractivity contribution in [2.75, 3.05) is 11.4 Å². The van der Waals surface area contributed by atoms with Gasteiger partial charge in [0.2, 0.25) is 5.91 Å². The molecule has 0 saturated heterocycles. The molecule has 0 spiro atoms. The second-order valence-corrected chi connectivity index (χ2v) is 4.69. The molecule has 0 radical (unpaired) electrons. The molecule has 1 aromatic carbocycles. The van der Waals surface area contributed by atoms with E-state index in [1.165, 1.54) is 11.8 Å². The fourth-order valence-electron chi connectivity index (χ4n) is 2.05. The van der Waals surface area contributed by atoms with Crippen molar-refractivity contribution in [2.45, 2.75) is 25.4 Å². The number of aryl methyl sites for hydroxylation is 1. The van der Waals surface area contributed by atoms with Gasteiger partial charge in [-0.3, -0.25) is 4.79 Å². The van der Waals surface area contributed by atoms with Gasteiger partial charge in [0.25, 0.3) is 0 Å². The van der Waals surface area contributed by atoms with Crippen molar-refractivity contribution >= 4 is 17.6 Å². The highest BCUT2D eigenvalue weighted by Gasteiger charge is 2.36. The molecule has 1 amide bonds. The normalized spacial score (nSPS) is 18.1. The Balaban J connectivity index is 2.33. The van der Waals surface area contributed by atoms with Crippen LogP contribution in [0.1, 0.15) is 18.9 Å². The van der Waals surface area contributed by atoms with Gasteiger partial charge in [0.1, 0.15) is 0 Å². The monoisotopic (exact) mass is 249 g/mol. The molecular formula is C13H15NO4. The number of carboxylic acid groups (broad SMARTS) is 1. The molecule has 1 aliphatic rings. The number of benzene rings is 1. The van der Waals surface area contributed by atoms with E-state index in [0.29, 0.717) is 18.5 Å². The summed E-state index contributed by atoms with van der Waals surface area (Å²) in [6.07, 6.45) is 0.993. The molecule has 0 bridgehead atoms. The van der Waals surface area contributed by atoms with E-state index in [-0.39, 0.29) is 12.5 Å². The highest BCUT2D eigenvalue weighted by molar-refractivity contribution is 5.97. The van der Waals surface area contributed by atoms with Crippen molar-refractivity contribution in [2.24, 2.45) is 0 Å². The van der Waals surface area contributed by atoms with Gasteiger partial charge in [0.15, 0.2) is 5.60 Å². The van der Waals surface area contributed by atoms with Gasteiger partial charge < -0.3 is 15.1 Å². The fraction of sp³-hybridized carbons (Fsp3) is 0.385. The first kappa shape index (κ1) is 12.6. The summed E-state index contributed by atoms with van der Waals surface area (Å²) < 4.78 is 0. The number of carboxylic acids is 1. The Morgan fingerprint density at radius 3 is 2.72 bits per heavy atom. The number of β-amino-alcohol motifs (C(OH)–C–C–N with tert-alkyl or cyclic N) is 1. The van der Waals surface area contributed by atoms with Crippen LogP contribution in [0.4, 0.5) is 5.69 Å². The van der Waals surface area contributed by atoms with Crippen molar-refractivity contribution in [1.29, 1.82) is 0 Å². The Morgan fingerprint density at radius 2 is 2.06 bits per heavy atom. The molecule has 0 aliphatic carbocycles. The van der Waals surface area contributed by atoms with Crippen LogP contribution in [0.25, 0.3) is 0 Å². The zero-order valence-corrected chi connectivity index (χ0v) is 10.1. The molecule has 1 aromatic rings. The summed E-state index contributed by atoms with van der Waals surface area (Å²) in [6, 6.07) is 7.34. The number of para-hydroxylation sites is 1. The number of carbonyl (C=O) groups excluding carboxylic acids is 1. The molecule has 96 valence electrons. The molecule has 5 nitrogen and oxygen atoms in total. The van der Waals surface area contributed by atoms with Crippen molar-refractivity contribution < 1.29 is 19.8 Å². The van der Waals surface area contributed by atoms with Crippen LogP contribution in [-0.2, 0) is 16.0 Å². The first-order valence-corrected chi connectivity index (χ1v) is 5.76. The van der Waals surface area contributed by atoms with Crippen LogP contribution in [0.5, 0.6) is 0 Å². The minimum absolute atomic E-state index is 0.157. The maximum absolute atomic E-state index is 11.9. The van der Waals surface area contributed by atoms with E-state index in [9.17, 15) is 14.7 Å². The number of hydrogen-bond acceptors (Lipinski definition) is 3. The van der Waals surface area contributed by atoms with Crippen LogP contribution in [-0.4, -0.2) is 34.2 Å². The Hall–Kier alpha value is -1.88. The van der Waals surface area contributed by atoms with Gasteiger partial charge >= 0.3 is 5.97 Å². The lowest BCUT2D eigenvalue weighted by Crippen LogP contribution is -2.50. The van der Waals surface area contributed by atoms with Crippen LogP contribution >= 0.6 is 0 Å². The number of aliphatic hydroxyl groups is 1. The Bertz CT molecular complexity index is 496. The lowest BCUT2D eigenvalue weighted by Gasteiger charge is -2.33. The SMILES string of the molecule is CC(O)(CN1C(=O)CCc2ccccc21)C(=O)O. The molecule has 1 atom stereocenters. The standard InChI is InChI=1S/C13H15NO4/c1-13(18,12(16)17)8-14-10-5-3-2-4-9(10)6-7-11(14)15/h2-5,18H,6-8H2,1H3,(H,16,17). The third-order valence-corrected chi connectivity index (χ3v) is 3.12. The number of rotatable bonds is 3. The number of fused-ring (bicyclic) bond motifs is 1. The fourth-order valence-corrected chi connectivity index (χ4v) is 2.05. The molecule has 2 N–H and O–H groups in total. The summed E-state index contributed by atoms with van der Waals surface area (Å²) in [6.45, 7) is 0.956. The molecule has 18 heavy (non-hydrogen) atoms. The summed E-state index contributed by atoms with van der Waals surface area (Å²) in [5.74, 6) is -1.49. The molecular weight excluding hydrogens is 234 g/mol. The largest absolute Gasteiger partial charge is 0.479 e. The quantitative estimate of drug-likeness (QED) is 0.830. The minimum Gasteiger partial charge on any atom is -0.479 e. The van der Waals surface area contributed by atoms with E-state index in [1.54, 1.807) is 12.1 Å². The van der Waals surface area contributed by atoms with Gasteiger partial charge in [-0.25, -0.2) is 4.79 Å². The summed E-state index contributed by atoms with van der Waals surface area (Å²) in [5, 5.41) is 18.7. The molecule has 5 heteroatoms. The zero-order chi connectivity index (χ0) is 13.3. The first-order valence-electron chi connectivity index (χ1n) is 5.76. The van der Waals surface area contributed by atoms with Crippen LogP contribution in [0.15, 0.2) is 24.3 Å². The van der Waals surface area contributed by atoms with Crippen molar-refractivity contribution in [1.82, 2.24) is 0 Å². The molecule has 2 rings (SSSR count). The average molecular weight is 249 g/mol. The molecule has 0 fully saturated rings. The van der Waals surface area contributed by atoms with Gasteiger partial charge in [0.05, 0.1) is 6.54 Å². The third kappa shape index (κ3) is 2.22. The second kappa shape index (κ2) is 4.42. The van der Waals surface area contributed by atoms with Crippen LogP contribution in [0.3, 0.4) is 0 Å². The average Bonchev–Trinajstić information content (AvgIpc) is 2.32. The molecule has 0 aromatic heterocycles. The zero-order valence-electron chi connectivity index (χ0n) is 10.1. The topological polar surface area (TPSA) is 77.8 Å². The highest BCUT2D eigenvalue weighted by atomic mass is 16.4. The summed E-state index contributed by atoms with van der Waals surface area (Å²) in [5.41, 5.74) is -0.256. The smallest absolute Gasteiger partial charge is 0.337 e. The van der Waals surface area contributed by atoms with E-state index in [0.717, 1.165) is 5.56 Å². The molecule has 0 saturated carbocycles. The second-order valence-electron chi connectivity index (χ2n) is 4.69. The summed E-state index contributed by atoms with van der Waals surface area (Å²) in [4.78, 5) is 24.2. The predicted molar refractivity (Wildman–Crippen MR) is 65.4 cm³/mol. The van der Waals surface area contributed by atoms with Crippen molar-refractivity contribution in [3.05, 3.63) is 29.8 Å². The predicted octanol–water partition coefficient (Wildman–Crippen LogP) is 0.801. The van der Waals surface area contributed by atoms with E-state index in [1.807, 2.05) is 12.1 Å². The molecule has 1 unspecified atom stereocenters. The lowest BCUT2D eigenvalue weighted by atomic mass is 9.98. The summed E-state index contributed by atoms with van der Waals surface area (Å²) >= 11 is 0. The van der Waals surface area contributed by atoms with Gasteiger partial charge in [-0.15, -0.1) is 0 Å². The van der Waals surface area contributed by atoms with Crippen LogP contribution in [0.2, 0.25) is 0 Å². The number of hydrogen-bond donors (Lipinski definition) is 2. The Kier molecular flexibility index (Phi) is 3.09. The Morgan fingerprint density at radius 1 is 1.39 bits per heavy atom. The number of carbonyl (C=O) groups is 2. The van der Waals surface area contributed by atoms with E-state index in [2.05, 4.69) is 0 Å². The van der Waals surface area contributed by atoms with E-state index in [4.69, 9.17) is 5.11 Å². The molecule has 1 aliphatic heterocycles. The van der Waals surface area contributed by atoms with Crippen LogP contribution in [0, 0.1) is 0 Å². The molecule has 1 heterocycles. The minimum atomic E-state index is -1.94. The van der Waals surface area contributed by atoms with Gasteiger partial charge in [-0.05, 0) is 25.0 Å². The summed E-state index contributed by atoms with van der Waals surface area (Å²) in [7, 11) is 0. The number of anilines is 1. The Labute approximate surface area is 105 Å². The van der Waals surface area contributed by atoms with E-state index >= 15 is 0 Å². The maximum atomic E-state index is 11.9. The number of amides is 1. The maximum Gasteiger partial charge on any atom is 0.337 e. The third-order valence-electron chi connectivity index (χ3n) is 3.12. The van der Waals surface area contributed by atoms with Gasteiger partial charge in [-0.2, -0.15) is 0 Å². The van der Waals surface area contributed by atoms with Crippen molar-refractivity contribution in [3.8, 4) is 0 Å². The van der Waals surface area contributed by atoms with Gasteiger partial charge in [-0.1, -0.05) is 18.2 Å².